The van der Waals surface area contributed by atoms with Crippen molar-refractivity contribution in [3.8, 4) is 0 Å². The Morgan fingerprint density at radius 1 is 1.33 bits per heavy atom. The van der Waals surface area contributed by atoms with Crippen LogP contribution in [0.1, 0.15) is 32.1 Å². The van der Waals surface area contributed by atoms with Gasteiger partial charge in [0.25, 0.3) is 0 Å². The van der Waals surface area contributed by atoms with E-state index in [9.17, 15) is 0 Å². The molecule has 0 spiro atoms. The van der Waals surface area contributed by atoms with Crippen molar-refractivity contribution in [3.05, 3.63) is 5.51 Å². The summed E-state index contributed by atoms with van der Waals surface area (Å²) >= 11 is 3.42. The van der Waals surface area contributed by atoms with Crippen molar-refractivity contribution in [3.63, 3.8) is 0 Å². The molecular formula is C8H11N2S2. The van der Waals surface area contributed by atoms with E-state index in [1.165, 1.54) is 43.4 Å². The minimum absolute atomic E-state index is 0.792. The molecule has 1 aliphatic rings. The monoisotopic (exact) mass is 199 g/mol. The zero-order valence-electron chi connectivity index (χ0n) is 6.82. The molecule has 12 heavy (non-hydrogen) atoms. The van der Waals surface area contributed by atoms with Crippen molar-refractivity contribution < 1.29 is 0 Å². The Morgan fingerprint density at radius 2 is 2.17 bits per heavy atom. The Labute approximate surface area is 80.8 Å². The summed E-state index contributed by atoms with van der Waals surface area (Å²) in [5, 5.41) is 8.49. The number of nitrogens with zero attached hydrogens (tertiary/aromatic N) is 2. The smallest absolute Gasteiger partial charge is 0.135 e. The second-order valence-electron chi connectivity index (χ2n) is 3.04. The number of thioether (sulfide) groups is 1. The minimum atomic E-state index is 0.792. The molecule has 1 aliphatic carbocycles. The maximum Gasteiger partial charge on any atom is 0.179 e. The molecule has 1 radical (unpaired) electrons. The predicted molar refractivity (Wildman–Crippen MR) is 51.5 cm³/mol. The molecule has 0 amide bonds. The Kier molecular flexibility index (Phi) is 3.00. The quantitative estimate of drug-likeness (QED) is 0.732. The van der Waals surface area contributed by atoms with Crippen LogP contribution in [0.2, 0.25) is 0 Å². The third-order valence-corrected chi connectivity index (χ3v) is 4.18. The lowest BCUT2D eigenvalue weighted by Gasteiger charge is -2.19. The molecule has 65 valence electrons. The van der Waals surface area contributed by atoms with Gasteiger partial charge in [0, 0.05) is 5.25 Å². The van der Waals surface area contributed by atoms with Crippen molar-refractivity contribution in [1.29, 1.82) is 0 Å². The van der Waals surface area contributed by atoms with E-state index in [1.54, 1.807) is 0 Å². The lowest BCUT2D eigenvalue weighted by atomic mass is 10.0. The number of hydrogen-bond donors (Lipinski definition) is 0. The number of hydrogen-bond acceptors (Lipinski definition) is 4. The van der Waals surface area contributed by atoms with Gasteiger partial charge in [-0.1, -0.05) is 42.4 Å². The molecule has 1 heterocycles. The van der Waals surface area contributed by atoms with E-state index in [0.717, 1.165) is 9.59 Å². The molecule has 4 heteroatoms. The molecular weight excluding hydrogens is 188 g/mol. The molecule has 0 N–H and O–H groups in total. The molecule has 0 aromatic carbocycles. The third kappa shape index (κ3) is 2.20. The minimum Gasteiger partial charge on any atom is -0.135 e. The van der Waals surface area contributed by atoms with Crippen molar-refractivity contribution >= 4 is 23.1 Å². The second-order valence-corrected chi connectivity index (χ2v) is 5.36. The first-order valence-electron chi connectivity index (χ1n) is 4.31. The largest absolute Gasteiger partial charge is 0.179 e. The molecule has 1 saturated carbocycles. The van der Waals surface area contributed by atoms with Crippen LogP contribution in [0, 0.1) is 5.51 Å². The highest BCUT2D eigenvalue weighted by atomic mass is 32.2. The van der Waals surface area contributed by atoms with Crippen LogP contribution in [0.25, 0.3) is 0 Å². The van der Waals surface area contributed by atoms with Crippen molar-refractivity contribution in [2.75, 3.05) is 0 Å². The summed E-state index contributed by atoms with van der Waals surface area (Å²) < 4.78 is 1.09. The molecule has 0 unspecified atom stereocenters. The average molecular weight is 199 g/mol. The molecule has 0 atom stereocenters. The maximum absolute atomic E-state index is 3.99. The van der Waals surface area contributed by atoms with Gasteiger partial charge in [0.2, 0.25) is 0 Å². The van der Waals surface area contributed by atoms with E-state index >= 15 is 0 Å². The Hall–Kier alpha value is -0.0900. The van der Waals surface area contributed by atoms with Crippen LogP contribution in [0.15, 0.2) is 4.34 Å². The predicted octanol–water partition coefficient (Wildman–Crippen LogP) is 2.76. The fraction of sp³-hybridized carbons (Fsp3) is 0.750. The van der Waals surface area contributed by atoms with Crippen LogP contribution in [0.5, 0.6) is 0 Å². The van der Waals surface area contributed by atoms with Crippen molar-refractivity contribution in [2.45, 2.75) is 41.7 Å². The van der Waals surface area contributed by atoms with Gasteiger partial charge in [0.1, 0.15) is 0 Å². The highest BCUT2D eigenvalue weighted by Crippen LogP contribution is 2.33. The molecule has 0 aliphatic heterocycles. The van der Waals surface area contributed by atoms with Crippen LogP contribution in [-0.2, 0) is 0 Å². The maximum atomic E-state index is 3.99. The zero-order valence-corrected chi connectivity index (χ0v) is 8.46. The second kappa shape index (κ2) is 4.23. The fourth-order valence-electron chi connectivity index (χ4n) is 1.51. The average Bonchev–Trinajstić information content (AvgIpc) is 2.59. The summed E-state index contributed by atoms with van der Waals surface area (Å²) in [5.74, 6) is 0. The first kappa shape index (κ1) is 8.51. The number of aromatic nitrogens is 2. The third-order valence-electron chi connectivity index (χ3n) is 2.13. The Balaban J connectivity index is 1.86. The van der Waals surface area contributed by atoms with Gasteiger partial charge in [-0.25, -0.2) is 0 Å². The summed E-state index contributed by atoms with van der Waals surface area (Å²) in [4.78, 5) is 0. The fourth-order valence-corrected chi connectivity index (χ4v) is 3.41. The van der Waals surface area contributed by atoms with Gasteiger partial charge in [-0.05, 0) is 12.8 Å². The summed E-state index contributed by atoms with van der Waals surface area (Å²) in [5.41, 5.74) is 2.78. The van der Waals surface area contributed by atoms with E-state index in [0.29, 0.717) is 0 Å². The normalized spacial score (nSPS) is 19.7. The van der Waals surface area contributed by atoms with Gasteiger partial charge >= 0.3 is 0 Å². The molecule has 0 bridgehead atoms. The van der Waals surface area contributed by atoms with E-state index in [1.807, 2.05) is 11.8 Å². The summed E-state index contributed by atoms with van der Waals surface area (Å²) in [7, 11) is 0. The lowest BCUT2D eigenvalue weighted by molar-refractivity contribution is 0.516. The van der Waals surface area contributed by atoms with Gasteiger partial charge in [-0.2, -0.15) is 0 Å². The van der Waals surface area contributed by atoms with E-state index < -0.39 is 0 Å². The van der Waals surface area contributed by atoms with Crippen molar-refractivity contribution in [2.24, 2.45) is 0 Å². The van der Waals surface area contributed by atoms with Crippen LogP contribution in [0.3, 0.4) is 0 Å². The zero-order chi connectivity index (χ0) is 8.23. The highest BCUT2D eigenvalue weighted by Gasteiger charge is 2.15. The molecule has 1 aromatic rings. The highest BCUT2D eigenvalue weighted by molar-refractivity contribution is 8.01. The standard InChI is InChI=1S/C8H11N2S2/c1-2-4-7(5-3-1)12-8-10-9-6-11-8/h7H,1-5H2. The molecule has 2 rings (SSSR count). The Bertz CT molecular complexity index is 217. The SMILES string of the molecule is [c]1nnc(SC2CCCCC2)s1. The van der Waals surface area contributed by atoms with Gasteiger partial charge in [-0.3, -0.25) is 0 Å². The van der Waals surface area contributed by atoms with E-state index in [2.05, 4.69) is 15.7 Å². The molecule has 1 aromatic heterocycles. The van der Waals surface area contributed by atoms with E-state index in [4.69, 9.17) is 0 Å². The van der Waals surface area contributed by atoms with Gasteiger partial charge in [-0.15, -0.1) is 10.2 Å². The lowest BCUT2D eigenvalue weighted by Crippen LogP contribution is -2.07. The number of rotatable bonds is 2. The first-order chi connectivity index (χ1) is 5.95. The molecule has 2 nitrogen and oxygen atoms in total. The summed E-state index contributed by atoms with van der Waals surface area (Å²) in [6.45, 7) is 0. The molecule has 0 saturated heterocycles. The van der Waals surface area contributed by atoms with E-state index in [-0.39, 0.29) is 0 Å². The van der Waals surface area contributed by atoms with Crippen LogP contribution < -0.4 is 0 Å². The van der Waals surface area contributed by atoms with Gasteiger partial charge < -0.3 is 0 Å². The first-order valence-corrected chi connectivity index (χ1v) is 6.01. The topological polar surface area (TPSA) is 25.8 Å². The molecule has 1 fully saturated rings. The van der Waals surface area contributed by atoms with Crippen molar-refractivity contribution in [1.82, 2.24) is 10.2 Å². The van der Waals surface area contributed by atoms with Crippen LogP contribution >= 0.6 is 23.1 Å². The van der Waals surface area contributed by atoms with Crippen LogP contribution in [0.4, 0.5) is 0 Å². The van der Waals surface area contributed by atoms with Crippen LogP contribution in [-0.4, -0.2) is 15.4 Å². The van der Waals surface area contributed by atoms with Gasteiger partial charge in [0.05, 0.1) is 0 Å². The van der Waals surface area contributed by atoms with Gasteiger partial charge in [0.15, 0.2) is 9.85 Å². The summed E-state index contributed by atoms with van der Waals surface area (Å²) in [6, 6.07) is 0. The Morgan fingerprint density at radius 3 is 2.83 bits per heavy atom. The summed E-state index contributed by atoms with van der Waals surface area (Å²) in [6.07, 6.45) is 6.90.